The molecule has 74 valence electrons. The highest BCUT2D eigenvalue weighted by atomic mass is 35.5. The second kappa shape index (κ2) is 6.05. The number of nitrogens with two attached hydrogens (primary N) is 1. The SMILES string of the molecule is Nc1cc(CCl)c[nH]1.c1ccncc1. The summed E-state index contributed by atoms with van der Waals surface area (Å²) in [5, 5.41) is 0. The number of pyridine rings is 1. The number of nitrogens with one attached hydrogen (secondary N) is 1. The molecule has 0 aliphatic heterocycles. The summed E-state index contributed by atoms with van der Waals surface area (Å²) in [6.07, 6.45) is 5.29. The summed E-state index contributed by atoms with van der Waals surface area (Å²) in [7, 11) is 0. The Morgan fingerprint density at radius 2 is 2.00 bits per heavy atom. The van der Waals surface area contributed by atoms with Crippen molar-refractivity contribution in [3.05, 3.63) is 48.4 Å². The van der Waals surface area contributed by atoms with Gasteiger partial charge >= 0.3 is 0 Å². The Hall–Kier alpha value is -1.48. The van der Waals surface area contributed by atoms with E-state index in [4.69, 9.17) is 17.3 Å². The number of alkyl halides is 1. The Morgan fingerprint density at radius 3 is 2.21 bits per heavy atom. The molecule has 2 aromatic rings. The Kier molecular flexibility index (Phi) is 4.58. The monoisotopic (exact) mass is 209 g/mol. The maximum Gasteiger partial charge on any atom is 0.100 e. The molecular formula is C10H12ClN3. The molecule has 3 nitrogen and oxygen atoms in total. The van der Waals surface area contributed by atoms with Crippen molar-refractivity contribution in [2.24, 2.45) is 0 Å². The molecule has 0 bridgehead atoms. The van der Waals surface area contributed by atoms with Gasteiger partial charge in [-0.25, -0.2) is 0 Å². The molecule has 0 unspecified atom stereocenters. The van der Waals surface area contributed by atoms with Crippen LogP contribution in [-0.4, -0.2) is 9.97 Å². The minimum absolute atomic E-state index is 0.522. The first kappa shape index (κ1) is 10.6. The summed E-state index contributed by atoms with van der Waals surface area (Å²) in [5.74, 6) is 1.19. The first-order chi connectivity index (χ1) is 6.83. The molecule has 0 amide bonds. The molecule has 0 fully saturated rings. The van der Waals surface area contributed by atoms with Gasteiger partial charge in [0, 0.05) is 24.5 Å². The molecule has 14 heavy (non-hydrogen) atoms. The van der Waals surface area contributed by atoms with E-state index in [-0.39, 0.29) is 0 Å². The van der Waals surface area contributed by atoms with Crippen molar-refractivity contribution < 1.29 is 0 Å². The zero-order valence-corrected chi connectivity index (χ0v) is 8.41. The number of hydrogen-bond acceptors (Lipinski definition) is 2. The van der Waals surface area contributed by atoms with Crippen molar-refractivity contribution in [1.82, 2.24) is 9.97 Å². The van der Waals surface area contributed by atoms with E-state index in [1.54, 1.807) is 18.6 Å². The Labute approximate surface area is 87.9 Å². The molecule has 0 aliphatic carbocycles. The van der Waals surface area contributed by atoms with Crippen LogP contribution in [0.2, 0.25) is 0 Å². The second-order valence-corrected chi connectivity index (χ2v) is 2.89. The van der Waals surface area contributed by atoms with E-state index in [0.717, 1.165) is 5.56 Å². The predicted octanol–water partition coefficient (Wildman–Crippen LogP) is 2.42. The minimum atomic E-state index is 0.522. The van der Waals surface area contributed by atoms with Gasteiger partial charge in [0.1, 0.15) is 5.82 Å². The van der Waals surface area contributed by atoms with Gasteiger partial charge in [-0.2, -0.15) is 0 Å². The van der Waals surface area contributed by atoms with Gasteiger partial charge in [-0.15, -0.1) is 11.6 Å². The van der Waals surface area contributed by atoms with Crippen LogP contribution in [0.4, 0.5) is 5.82 Å². The Bertz CT molecular complexity index is 319. The third-order valence-electron chi connectivity index (χ3n) is 1.49. The smallest absolute Gasteiger partial charge is 0.100 e. The van der Waals surface area contributed by atoms with Crippen LogP contribution in [0.1, 0.15) is 5.56 Å². The number of nitrogens with zero attached hydrogens (tertiary/aromatic N) is 1. The molecule has 0 saturated carbocycles. The van der Waals surface area contributed by atoms with E-state index >= 15 is 0 Å². The first-order valence-electron chi connectivity index (χ1n) is 4.16. The third-order valence-corrected chi connectivity index (χ3v) is 1.79. The molecule has 2 heterocycles. The van der Waals surface area contributed by atoms with Gasteiger partial charge < -0.3 is 10.7 Å². The van der Waals surface area contributed by atoms with E-state index in [0.29, 0.717) is 11.7 Å². The van der Waals surface area contributed by atoms with Gasteiger partial charge in [0.05, 0.1) is 0 Å². The van der Waals surface area contributed by atoms with E-state index in [1.807, 2.05) is 24.3 Å². The highest BCUT2D eigenvalue weighted by Gasteiger charge is 1.89. The summed E-state index contributed by atoms with van der Waals surface area (Å²) in [4.78, 5) is 6.60. The third kappa shape index (κ3) is 3.96. The molecule has 0 aliphatic rings. The second-order valence-electron chi connectivity index (χ2n) is 2.62. The molecule has 0 radical (unpaired) electrons. The van der Waals surface area contributed by atoms with Crippen LogP contribution in [0.5, 0.6) is 0 Å². The fourth-order valence-corrected chi connectivity index (χ4v) is 1.00. The zero-order chi connectivity index (χ0) is 10.2. The van der Waals surface area contributed by atoms with Gasteiger partial charge in [-0.1, -0.05) is 6.07 Å². The van der Waals surface area contributed by atoms with Gasteiger partial charge in [0.15, 0.2) is 0 Å². The van der Waals surface area contributed by atoms with Crippen molar-refractivity contribution in [3.8, 4) is 0 Å². The van der Waals surface area contributed by atoms with Gasteiger partial charge in [-0.05, 0) is 23.8 Å². The van der Waals surface area contributed by atoms with Crippen LogP contribution < -0.4 is 5.73 Å². The fourth-order valence-electron chi connectivity index (χ4n) is 0.849. The number of halogens is 1. The molecular weight excluding hydrogens is 198 g/mol. The van der Waals surface area contributed by atoms with E-state index in [1.165, 1.54) is 0 Å². The average molecular weight is 210 g/mol. The van der Waals surface area contributed by atoms with E-state index in [9.17, 15) is 0 Å². The summed E-state index contributed by atoms with van der Waals surface area (Å²) < 4.78 is 0. The van der Waals surface area contributed by atoms with Crippen LogP contribution in [0, 0.1) is 0 Å². The Balaban J connectivity index is 0.000000146. The largest absolute Gasteiger partial charge is 0.385 e. The molecule has 2 rings (SSSR count). The lowest BCUT2D eigenvalue weighted by Crippen LogP contribution is -1.79. The van der Waals surface area contributed by atoms with Crippen LogP contribution in [0.25, 0.3) is 0 Å². The maximum atomic E-state index is 5.46. The normalized spacial score (nSPS) is 8.93. The number of nitrogen functional groups attached to an aromatic ring is 1. The van der Waals surface area contributed by atoms with Crippen LogP contribution >= 0.6 is 11.6 Å². The van der Waals surface area contributed by atoms with Crippen molar-refractivity contribution in [2.75, 3.05) is 5.73 Å². The quantitative estimate of drug-likeness (QED) is 0.709. The standard InChI is InChI=1S/C5H7ClN2.C5H5N/c6-2-4-1-5(7)8-3-4;1-2-4-6-5-3-1/h1,3,8H,2,7H2;1-5H. The molecule has 4 heteroatoms. The molecule has 0 aromatic carbocycles. The molecule has 0 saturated heterocycles. The van der Waals surface area contributed by atoms with Gasteiger partial charge in [0.25, 0.3) is 0 Å². The van der Waals surface area contributed by atoms with Crippen molar-refractivity contribution in [2.45, 2.75) is 5.88 Å². The lowest BCUT2D eigenvalue weighted by atomic mass is 10.4. The molecule has 0 atom stereocenters. The average Bonchev–Trinajstić information content (AvgIpc) is 2.68. The summed E-state index contributed by atoms with van der Waals surface area (Å²) in [6.45, 7) is 0. The molecule has 0 spiro atoms. The lowest BCUT2D eigenvalue weighted by Gasteiger charge is -1.77. The number of hydrogen-bond donors (Lipinski definition) is 2. The predicted molar refractivity (Wildman–Crippen MR) is 59.0 cm³/mol. The Morgan fingerprint density at radius 1 is 1.29 bits per heavy atom. The molecule has 2 aromatic heterocycles. The summed E-state index contributed by atoms with van der Waals surface area (Å²) >= 11 is 5.46. The van der Waals surface area contributed by atoms with E-state index in [2.05, 4.69) is 9.97 Å². The number of rotatable bonds is 1. The van der Waals surface area contributed by atoms with Crippen LogP contribution in [0.3, 0.4) is 0 Å². The number of aromatic amines is 1. The molecule has 3 N–H and O–H groups in total. The summed E-state index contributed by atoms with van der Waals surface area (Å²) in [6, 6.07) is 7.53. The zero-order valence-electron chi connectivity index (χ0n) is 7.65. The van der Waals surface area contributed by atoms with Gasteiger partial charge in [-0.3, -0.25) is 4.98 Å². The summed E-state index contributed by atoms with van der Waals surface area (Å²) in [5.41, 5.74) is 6.37. The van der Waals surface area contributed by atoms with Crippen molar-refractivity contribution >= 4 is 17.4 Å². The van der Waals surface area contributed by atoms with Crippen LogP contribution in [-0.2, 0) is 5.88 Å². The highest BCUT2D eigenvalue weighted by molar-refractivity contribution is 6.17. The van der Waals surface area contributed by atoms with Crippen molar-refractivity contribution in [3.63, 3.8) is 0 Å². The minimum Gasteiger partial charge on any atom is -0.385 e. The lowest BCUT2D eigenvalue weighted by molar-refractivity contribution is 1.33. The van der Waals surface area contributed by atoms with Crippen molar-refractivity contribution in [1.29, 1.82) is 0 Å². The first-order valence-corrected chi connectivity index (χ1v) is 4.70. The van der Waals surface area contributed by atoms with Gasteiger partial charge in [0.2, 0.25) is 0 Å². The number of H-pyrrole nitrogens is 1. The highest BCUT2D eigenvalue weighted by Crippen LogP contribution is 2.06. The fraction of sp³-hybridized carbons (Fsp3) is 0.100. The van der Waals surface area contributed by atoms with E-state index < -0.39 is 0 Å². The number of anilines is 1. The topological polar surface area (TPSA) is 54.7 Å². The van der Waals surface area contributed by atoms with Crippen LogP contribution in [0.15, 0.2) is 42.9 Å². The number of aromatic nitrogens is 2. The maximum absolute atomic E-state index is 5.46.